The fourth-order valence-electron chi connectivity index (χ4n) is 2.70. The fraction of sp³-hybridized carbons (Fsp3) is 0.400. The first-order valence-corrected chi connectivity index (χ1v) is 9.94. The van der Waals surface area contributed by atoms with E-state index in [2.05, 4.69) is 55.7 Å². The average Bonchev–Trinajstić information content (AvgIpc) is 2.99. The number of rotatable bonds is 6. The molecule has 2 rings (SSSR count). The third-order valence-electron chi connectivity index (χ3n) is 4.21. The quantitative estimate of drug-likeness (QED) is 0.510. The van der Waals surface area contributed by atoms with Crippen molar-refractivity contribution in [3.63, 3.8) is 0 Å². The molecule has 0 aliphatic carbocycles. The minimum Gasteiger partial charge on any atom is -0.465 e. The largest absolute Gasteiger partial charge is 0.465 e. The molecule has 26 heavy (non-hydrogen) atoms. The van der Waals surface area contributed by atoms with Crippen molar-refractivity contribution >= 4 is 39.6 Å². The fourth-order valence-corrected chi connectivity index (χ4v) is 3.91. The van der Waals surface area contributed by atoms with Gasteiger partial charge in [-0.3, -0.25) is 0 Å². The molecule has 0 saturated carbocycles. The molecule has 1 unspecified atom stereocenters. The van der Waals surface area contributed by atoms with Crippen molar-refractivity contribution < 1.29 is 9.53 Å². The van der Waals surface area contributed by atoms with Crippen LogP contribution in [0.3, 0.4) is 0 Å². The Bertz CT molecular complexity index is 767. The lowest BCUT2D eigenvalue weighted by atomic mass is 9.98. The van der Waals surface area contributed by atoms with Gasteiger partial charge >= 0.3 is 5.97 Å². The number of esters is 1. The average molecular weight is 391 g/mol. The topological polar surface area (TPSA) is 50.4 Å². The van der Waals surface area contributed by atoms with E-state index < -0.39 is 0 Å². The van der Waals surface area contributed by atoms with Crippen molar-refractivity contribution in [3.8, 4) is 0 Å². The highest BCUT2D eigenvalue weighted by molar-refractivity contribution is 7.80. The molecule has 0 aliphatic heterocycles. The van der Waals surface area contributed by atoms with Crippen LogP contribution in [0.25, 0.3) is 0 Å². The summed E-state index contributed by atoms with van der Waals surface area (Å²) in [5.74, 6) is 0.148. The van der Waals surface area contributed by atoms with E-state index >= 15 is 0 Å². The number of thiocarbonyl (C=S) groups is 1. The Morgan fingerprint density at radius 1 is 1.23 bits per heavy atom. The molecular weight excluding hydrogens is 364 g/mol. The van der Waals surface area contributed by atoms with Crippen LogP contribution in [-0.4, -0.2) is 18.2 Å². The molecular formula is C20H26N2O2S2. The van der Waals surface area contributed by atoms with Gasteiger partial charge in [0.15, 0.2) is 5.11 Å². The van der Waals surface area contributed by atoms with Gasteiger partial charge in [-0.2, -0.15) is 0 Å². The molecule has 0 saturated heterocycles. The Morgan fingerprint density at radius 2 is 1.85 bits per heavy atom. The predicted octanol–water partition coefficient (Wildman–Crippen LogP) is 5.40. The van der Waals surface area contributed by atoms with E-state index in [0.717, 1.165) is 11.3 Å². The number of methoxy groups -OCH3 is 1. The molecule has 1 heterocycles. The van der Waals surface area contributed by atoms with Crippen LogP contribution in [0.2, 0.25) is 0 Å². The first-order chi connectivity index (χ1) is 12.3. The Labute approximate surface area is 165 Å². The number of anilines is 1. The van der Waals surface area contributed by atoms with Gasteiger partial charge in [0.2, 0.25) is 0 Å². The van der Waals surface area contributed by atoms with Gasteiger partial charge in [0, 0.05) is 4.88 Å². The molecule has 6 heteroatoms. The van der Waals surface area contributed by atoms with Crippen LogP contribution in [0.1, 0.15) is 65.5 Å². The number of nitrogens with one attached hydrogen (secondary N) is 2. The predicted molar refractivity (Wildman–Crippen MR) is 113 cm³/mol. The van der Waals surface area contributed by atoms with E-state index in [1.54, 1.807) is 0 Å². The third-order valence-corrected chi connectivity index (χ3v) is 5.39. The Kier molecular flexibility index (Phi) is 7.17. The molecule has 0 aliphatic rings. The molecule has 1 aromatic heterocycles. The van der Waals surface area contributed by atoms with Gasteiger partial charge in [0.25, 0.3) is 0 Å². The van der Waals surface area contributed by atoms with Crippen molar-refractivity contribution in [3.05, 3.63) is 51.9 Å². The second-order valence-electron chi connectivity index (χ2n) is 6.47. The molecule has 4 nitrogen and oxygen atoms in total. The van der Waals surface area contributed by atoms with Crippen molar-refractivity contribution in [2.24, 2.45) is 0 Å². The van der Waals surface area contributed by atoms with E-state index in [-0.39, 0.29) is 12.0 Å². The second-order valence-corrected chi connectivity index (χ2v) is 8.14. The smallest absolute Gasteiger partial charge is 0.340 e. The van der Waals surface area contributed by atoms with Crippen molar-refractivity contribution in [1.82, 2.24) is 5.32 Å². The van der Waals surface area contributed by atoms with Gasteiger partial charge in [0.05, 0.1) is 18.7 Å². The first-order valence-electron chi connectivity index (χ1n) is 8.71. The summed E-state index contributed by atoms with van der Waals surface area (Å²) in [6.45, 7) is 8.44. The summed E-state index contributed by atoms with van der Waals surface area (Å²) < 4.78 is 4.84. The highest BCUT2D eigenvalue weighted by atomic mass is 32.1. The number of thiophene rings is 1. The minimum atomic E-state index is -0.365. The van der Waals surface area contributed by atoms with Crippen LogP contribution in [0.4, 0.5) is 5.00 Å². The zero-order chi connectivity index (χ0) is 19.3. The third kappa shape index (κ3) is 5.05. The maximum atomic E-state index is 11.9. The summed E-state index contributed by atoms with van der Waals surface area (Å²) in [7, 11) is 1.38. The summed E-state index contributed by atoms with van der Waals surface area (Å²) in [5.41, 5.74) is 3.02. The SMILES string of the molecule is CCC(NC(=S)Nc1sc(C)cc1C(=O)OC)c1ccc(C(C)C)cc1. The molecule has 2 N–H and O–H groups in total. The Balaban J connectivity index is 2.09. The molecule has 0 spiro atoms. The van der Waals surface area contributed by atoms with Gasteiger partial charge in [-0.1, -0.05) is 45.0 Å². The van der Waals surface area contributed by atoms with E-state index in [0.29, 0.717) is 21.6 Å². The molecule has 1 aromatic carbocycles. The van der Waals surface area contributed by atoms with Gasteiger partial charge in [-0.25, -0.2) is 4.79 Å². The Hall–Kier alpha value is -1.92. The molecule has 0 bridgehead atoms. The van der Waals surface area contributed by atoms with Crippen molar-refractivity contribution in [1.29, 1.82) is 0 Å². The van der Waals surface area contributed by atoms with Crippen LogP contribution >= 0.6 is 23.6 Å². The second kappa shape index (κ2) is 9.14. The number of hydrogen-bond acceptors (Lipinski definition) is 4. The first kappa shape index (κ1) is 20.4. The summed E-state index contributed by atoms with van der Waals surface area (Å²) in [6, 6.07) is 10.5. The number of carbonyl (C=O) groups is 1. The lowest BCUT2D eigenvalue weighted by molar-refractivity contribution is 0.0602. The van der Waals surface area contributed by atoms with E-state index in [4.69, 9.17) is 17.0 Å². The molecule has 0 amide bonds. The van der Waals surface area contributed by atoms with E-state index in [1.165, 1.54) is 29.6 Å². The zero-order valence-corrected chi connectivity index (χ0v) is 17.5. The molecule has 140 valence electrons. The number of ether oxygens (including phenoxy) is 1. The van der Waals surface area contributed by atoms with Gasteiger partial charge in [-0.15, -0.1) is 11.3 Å². The zero-order valence-electron chi connectivity index (χ0n) is 15.9. The molecule has 2 aromatic rings. The van der Waals surface area contributed by atoms with Crippen LogP contribution in [0, 0.1) is 6.92 Å². The van der Waals surface area contributed by atoms with Gasteiger partial charge in [0.1, 0.15) is 5.00 Å². The maximum Gasteiger partial charge on any atom is 0.340 e. The van der Waals surface area contributed by atoms with Gasteiger partial charge < -0.3 is 15.4 Å². The lowest BCUT2D eigenvalue weighted by Crippen LogP contribution is -2.32. The van der Waals surface area contributed by atoms with Crippen molar-refractivity contribution in [2.75, 3.05) is 12.4 Å². The Morgan fingerprint density at radius 3 is 2.38 bits per heavy atom. The maximum absolute atomic E-state index is 11.9. The number of hydrogen-bond donors (Lipinski definition) is 2. The normalized spacial score (nSPS) is 11.9. The monoisotopic (exact) mass is 390 g/mol. The minimum absolute atomic E-state index is 0.110. The summed E-state index contributed by atoms with van der Waals surface area (Å²) in [6.07, 6.45) is 0.899. The van der Waals surface area contributed by atoms with Crippen LogP contribution in [-0.2, 0) is 4.74 Å². The van der Waals surface area contributed by atoms with Crippen LogP contribution in [0.15, 0.2) is 30.3 Å². The molecule has 0 fully saturated rings. The highest BCUT2D eigenvalue weighted by Crippen LogP contribution is 2.28. The van der Waals surface area contributed by atoms with Gasteiger partial charge in [-0.05, 0) is 48.7 Å². The summed E-state index contributed by atoms with van der Waals surface area (Å²) in [4.78, 5) is 12.9. The summed E-state index contributed by atoms with van der Waals surface area (Å²) in [5, 5.41) is 7.70. The van der Waals surface area contributed by atoms with E-state index in [9.17, 15) is 4.79 Å². The lowest BCUT2D eigenvalue weighted by Gasteiger charge is -2.20. The number of aryl methyl sites for hydroxylation is 1. The number of benzene rings is 1. The molecule has 1 atom stereocenters. The number of carbonyl (C=O) groups excluding carboxylic acids is 1. The summed E-state index contributed by atoms with van der Waals surface area (Å²) >= 11 is 6.95. The van der Waals surface area contributed by atoms with Crippen molar-refractivity contribution in [2.45, 2.75) is 46.1 Å². The van der Waals surface area contributed by atoms with Crippen LogP contribution in [0.5, 0.6) is 0 Å². The standard InChI is InChI=1S/C20H26N2O2S2/c1-6-17(15-9-7-14(8-10-15)12(2)3)21-20(25)22-18-16(19(23)24-5)11-13(4)26-18/h7-12,17H,6H2,1-5H3,(H2,21,22,25). The van der Waals surface area contributed by atoms with Crippen LogP contribution < -0.4 is 10.6 Å². The van der Waals surface area contributed by atoms with E-state index in [1.807, 2.05) is 13.0 Å². The highest BCUT2D eigenvalue weighted by Gasteiger charge is 2.17. The molecule has 0 radical (unpaired) electrons.